The first-order valence-corrected chi connectivity index (χ1v) is 11.9. The second kappa shape index (κ2) is 10.2. The molecule has 3 N–H and O–H groups in total. The summed E-state index contributed by atoms with van der Waals surface area (Å²) in [4.78, 5) is 0.235. The van der Waals surface area contributed by atoms with E-state index in [2.05, 4.69) is 14.8 Å². The highest BCUT2D eigenvalue weighted by Gasteiger charge is 2.15. The topological polar surface area (TPSA) is 104 Å². The molecule has 1 aromatic rings. The summed E-state index contributed by atoms with van der Waals surface area (Å²) in [6.07, 6.45) is 2.51. The number of nitrogens with one attached hydrogen (secondary N) is 3. The van der Waals surface area contributed by atoms with E-state index in [9.17, 15) is 16.8 Å². The summed E-state index contributed by atoms with van der Waals surface area (Å²) < 4.78 is 52.7. The standard InChI is InChI=1S/C17H31N3O4S2/c1-14(2)20-26(23,24)17-10-8-9-16(13-17)18-11-6-5-7-12-19-25(21,22)15(3)4/h8-10,13-15,18-20H,5-7,11-12H2,1-4H3. The number of hydrogen-bond acceptors (Lipinski definition) is 5. The maximum atomic E-state index is 12.2. The van der Waals surface area contributed by atoms with Gasteiger partial charge >= 0.3 is 0 Å². The summed E-state index contributed by atoms with van der Waals surface area (Å²) >= 11 is 0. The Balaban J connectivity index is 2.37. The molecule has 0 aliphatic heterocycles. The lowest BCUT2D eigenvalue weighted by Crippen LogP contribution is -2.31. The minimum absolute atomic E-state index is 0.162. The molecule has 7 nitrogen and oxygen atoms in total. The lowest BCUT2D eigenvalue weighted by Gasteiger charge is -2.12. The minimum atomic E-state index is -3.50. The predicted octanol–water partition coefficient (Wildman–Crippen LogP) is 2.28. The lowest BCUT2D eigenvalue weighted by molar-refractivity contribution is 0.565. The van der Waals surface area contributed by atoms with E-state index in [1.807, 2.05) is 6.07 Å². The van der Waals surface area contributed by atoms with Gasteiger partial charge in [0.2, 0.25) is 20.0 Å². The third kappa shape index (κ3) is 8.03. The predicted molar refractivity (Wildman–Crippen MR) is 106 cm³/mol. The Hall–Kier alpha value is -1.16. The molecule has 150 valence electrons. The van der Waals surface area contributed by atoms with Gasteiger partial charge in [0, 0.05) is 24.8 Å². The fourth-order valence-corrected chi connectivity index (χ4v) is 4.25. The molecule has 0 saturated heterocycles. The molecule has 0 saturated carbocycles. The Bertz CT molecular complexity index is 760. The summed E-state index contributed by atoms with van der Waals surface area (Å²) in [5.41, 5.74) is 0.747. The van der Waals surface area contributed by atoms with E-state index >= 15 is 0 Å². The maximum Gasteiger partial charge on any atom is 0.240 e. The monoisotopic (exact) mass is 405 g/mol. The number of sulfonamides is 2. The van der Waals surface area contributed by atoms with Crippen LogP contribution in [0.1, 0.15) is 47.0 Å². The van der Waals surface area contributed by atoms with Crippen molar-refractivity contribution in [2.45, 2.75) is 63.1 Å². The van der Waals surface area contributed by atoms with Crippen LogP contribution in [0.4, 0.5) is 5.69 Å². The van der Waals surface area contributed by atoms with Crippen molar-refractivity contribution in [1.82, 2.24) is 9.44 Å². The Labute approximate surface area is 158 Å². The van der Waals surface area contributed by atoms with Crippen molar-refractivity contribution in [3.05, 3.63) is 24.3 Å². The van der Waals surface area contributed by atoms with Crippen molar-refractivity contribution in [2.75, 3.05) is 18.4 Å². The van der Waals surface area contributed by atoms with Gasteiger partial charge in [-0.2, -0.15) is 0 Å². The highest BCUT2D eigenvalue weighted by atomic mass is 32.2. The average Bonchev–Trinajstić information content (AvgIpc) is 2.53. The first-order valence-electron chi connectivity index (χ1n) is 8.89. The van der Waals surface area contributed by atoms with E-state index in [4.69, 9.17) is 0 Å². The Kier molecular flexibility index (Phi) is 9.02. The van der Waals surface area contributed by atoms with Gasteiger partial charge in [-0.05, 0) is 58.7 Å². The molecule has 0 fully saturated rings. The summed E-state index contributed by atoms with van der Waals surface area (Å²) in [5.74, 6) is 0. The van der Waals surface area contributed by atoms with Gasteiger partial charge in [-0.3, -0.25) is 0 Å². The number of rotatable bonds is 12. The van der Waals surface area contributed by atoms with Crippen molar-refractivity contribution >= 4 is 25.7 Å². The van der Waals surface area contributed by atoms with Gasteiger partial charge in [-0.25, -0.2) is 26.3 Å². The van der Waals surface area contributed by atoms with Crippen LogP contribution in [0.3, 0.4) is 0 Å². The summed E-state index contributed by atoms with van der Waals surface area (Å²) in [6, 6.07) is 6.55. The van der Waals surface area contributed by atoms with Gasteiger partial charge in [0.15, 0.2) is 0 Å². The second-order valence-corrected chi connectivity index (χ2v) is 10.8. The minimum Gasteiger partial charge on any atom is -0.385 e. The van der Waals surface area contributed by atoms with E-state index < -0.39 is 25.3 Å². The van der Waals surface area contributed by atoms with Crippen molar-refractivity contribution in [2.24, 2.45) is 0 Å². The normalized spacial score (nSPS) is 12.7. The zero-order chi connectivity index (χ0) is 19.8. The van der Waals surface area contributed by atoms with Crippen LogP contribution in [0.2, 0.25) is 0 Å². The molecule has 0 aliphatic rings. The van der Waals surface area contributed by atoms with E-state index in [1.165, 1.54) is 0 Å². The first-order chi connectivity index (χ1) is 12.0. The second-order valence-electron chi connectivity index (χ2n) is 6.78. The van der Waals surface area contributed by atoms with Crippen LogP contribution < -0.4 is 14.8 Å². The van der Waals surface area contributed by atoms with Crippen LogP contribution in [0, 0.1) is 0 Å². The zero-order valence-corrected chi connectivity index (χ0v) is 17.6. The Morgan fingerprint density at radius 2 is 1.58 bits per heavy atom. The van der Waals surface area contributed by atoms with Crippen molar-refractivity contribution in [1.29, 1.82) is 0 Å². The zero-order valence-electron chi connectivity index (χ0n) is 15.9. The molecule has 0 aliphatic carbocycles. The molecule has 0 atom stereocenters. The Morgan fingerprint density at radius 3 is 2.19 bits per heavy atom. The molecule has 0 radical (unpaired) electrons. The third-order valence-corrected chi connectivity index (χ3v) is 7.15. The van der Waals surface area contributed by atoms with Gasteiger partial charge in [-0.15, -0.1) is 0 Å². The fourth-order valence-electron chi connectivity index (χ4n) is 2.19. The highest BCUT2D eigenvalue weighted by molar-refractivity contribution is 7.90. The van der Waals surface area contributed by atoms with Gasteiger partial charge < -0.3 is 5.32 Å². The molecular formula is C17H31N3O4S2. The average molecular weight is 406 g/mol. The van der Waals surface area contributed by atoms with Crippen molar-refractivity contribution in [3.8, 4) is 0 Å². The Morgan fingerprint density at radius 1 is 0.923 bits per heavy atom. The van der Waals surface area contributed by atoms with Gasteiger partial charge in [0.1, 0.15) is 0 Å². The SMILES string of the molecule is CC(C)NS(=O)(=O)c1cccc(NCCCCCNS(=O)(=O)C(C)C)c1. The van der Waals surface area contributed by atoms with Gasteiger partial charge in [-0.1, -0.05) is 12.5 Å². The molecule has 0 heterocycles. The molecule has 0 amide bonds. The fraction of sp³-hybridized carbons (Fsp3) is 0.647. The van der Waals surface area contributed by atoms with E-state index in [0.717, 1.165) is 24.9 Å². The smallest absolute Gasteiger partial charge is 0.240 e. The van der Waals surface area contributed by atoms with Crippen molar-refractivity contribution in [3.63, 3.8) is 0 Å². The number of hydrogen-bond donors (Lipinski definition) is 3. The highest BCUT2D eigenvalue weighted by Crippen LogP contribution is 2.16. The molecule has 26 heavy (non-hydrogen) atoms. The van der Waals surface area contributed by atoms with Gasteiger partial charge in [0.25, 0.3) is 0 Å². The molecular weight excluding hydrogens is 374 g/mol. The molecule has 0 bridgehead atoms. The van der Waals surface area contributed by atoms with Crippen LogP contribution in [0.15, 0.2) is 29.2 Å². The number of benzene rings is 1. The molecule has 0 unspecified atom stereocenters. The molecule has 1 rings (SSSR count). The lowest BCUT2D eigenvalue weighted by atomic mass is 10.2. The summed E-state index contributed by atoms with van der Waals surface area (Å²) in [5, 5.41) is 2.79. The third-order valence-electron chi connectivity index (χ3n) is 3.64. The summed E-state index contributed by atoms with van der Waals surface area (Å²) in [7, 11) is -6.69. The molecule has 9 heteroatoms. The van der Waals surface area contributed by atoms with Crippen LogP contribution in [0.25, 0.3) is 0 Å². The quantitative estimate of drug-likeness (QED) is 0.463. The van der Waals surface area contributed by atoms with Crippen LogP contribution in [0.5, 0.6) is 0 Å². The molecule has 0 aromatic heterocycles. The van der Waals surface area contributed by atoms with Crippen molar-refractivity contribution < 1.29 is 16.8 Å². The summed E-state index contributed by atoms with van der Waals surface area (Å²) in [6.45, 7) is 7.99. The largest absolute Gasteiger partial charge is 0.385 e. The van der Waals surface area contributed by atoms with E-state index in [1.54, 1.807) is 45.9 Å². The molecule has 1 aromatic carbocycles. The number of anilines is 1. The van der Waals surface area contributed by atoms with E-state index in [0.29, 0.717) is 13.1 Å². The van der Waals surface area contributed by atoms with Gasteiger partial charge in [0.05, 0.1) is 10.1 Å². The number of unbranched alkanes of at least 4 members (excludes halogenated alkanes) is 2. The van der Waals surface area contributed by atoms with Crippen LogP contribution in [-0.2, 0) is 20.0 Å². The van der Waals surface area contributed by atoms with Crippen LogP contribution >= 0.6 is 0 Å². The first kappa shape index (κ1) is 22.9. The molecule has 0 spiro atoms. The van der Waals surface area contributed by atoms with E-state index in [-0.39, 0.29) is 10.9 Å². The van der Waals surface area contributed by atoms with Crippen LogP contribution in [-0.4, -0.2) is 41.2 Å². The maximum absolute atomic E-state index is 12.2.